The first kappa shape index (κ1) is 12.0. The highest BCUT2D eigenvalue weighted by Crippen LogP contribution is 2.18. The van der Waals surface area contributed by atoms with Crippen LogP contribution in [-0.4, -0.2) is 48.1 Å². The average molecular weight is 198 g/mol. The lowest BCUT2D eigenvalue weighted by molar-refractivity contribution is 0.0314. The Balaban J connectivity index is 2.56. The fourth-order valence-corrected chi connectivity index (χ4v) is 2.55. The Morgan fingerprint density at radius 3 is 1.86 bits per heavy atom. The van der Waals surface area contributed by atoms with Gasteiger partial charge in [0, 0.05) is 31.2 Å². The molecule has 0 radical (unpaired) electrons. The first-order valence-electron chi connectivity index (χ1n) is 6.06. The van der Waals surface area contributed by atoms with Gasteiger partial charge >= 0.3 is 0 Å². The van der Waals surface area contributed by atoms with Gasteiger partial charge in [0.25, 0.3) is 0 Å². The molecule has 0 spiro atoms. The molecule has 1 saturated heterocycles. The number of rotatable bonds is 3. The lowest BCUT2D eigenvalue weighted by Crippen LogP contribution is -2.57. The Hall–Kier alpha value is -0.0800. The predicted octanol–water partition coefficient (Wildman–Crippen LogP) is 2.20. The predicted molar refractivity (Wildman–Crippen MR) is 62.6 cm³/mol. The van der Waals surface area contributed by atoms with Crippen LogP contribution in [0.25, 0.3) is 0 Å². The van der Waals surface area contributed by atoms with Gasteiger partial charge in [0.2, 0.25) is 0 Å². The van der Waals surface area contributed by atoms with Gasteiger partial charge in [-0.05, 0) is 33.7 Å². The van der Waals surface area contributed by atoms with Gasteiger partial charge in [-0.1, -0.05) is 13.8 Å². The molecule has 2 atom stereocenters. The molecule has 1 heterocycles. The number of nitrogens with zero attached hydrogens (tertiary/aromatic N) is 2. The zero-order valence-electron chi connectivity index (χ0n) is 10.5. The lowest BCUT2D eigenvalue weighted by atomic mass is 10.0. The van der Waals surface area contributed by atoms with Crippen molar-refractivity contribution in [3.8, 4) is 0 Å². The van der Waals surface area contributed by atoms with Crippen LogP contribution in [0.15, 0.2) is 0 Å². The van der Waals surface area contributed by atoms with Gasteiger partial charge in [-0.25, -0.2) is 0 Å². The van der Waals surface area contributed by atoms with Gasteiger partial charge in [-0.3, -0.25) is 9.80 Å². The molecule has 84 valence electrons. The van der Waals surface area contributed by atoms with E-state index < -0.39 is 0 Å². The van der Waals surface area contributed by atoms with Crippen LogP contribution in [0, 0.1) is 0 Å². The Bertz CT molecular complexity index is 154. The largest absolute Gasteiger partial charge is 0.298 e. The van der Waals surface area contributed by atoms with E-state index in [1.54, 1.807) is 0 Å². The van der Waals surface area contributed by atoms with Crippen LogP contribution in [0.3, 0.4) is 0 Å². The Morgan fingerprint density at radius 2 is 1.50 bits per heavy atom. The molecule has 0 aliphatic carbocycles. The van der Waals surface area contributed by atoms with Crippen molar-refractivity contribution in [2.45, 2.75) is 58.7 Å². The molecule has 0 unspecified atom stereocenters. The minimum absolute atomic E-state index is 0.708. The van der Waals surface area contributed by atoms with Crippen molar-refractivity contribution in [1.29, 1.82) is 0 Å². The summed E-state index contributed by atoms with van der Waals surface area (Å²) in [6.07, 6.45) is 2.58. The van der Waals surface area contributed by atoms with Crippen molar-refractivity contribution in [1.82, 2.24) is 9.80 Å². The zero-order chi connectivity index (χ0) is 10.7. The van der Waals surface area contributed by atoms with Gasteiger partial charge in [0.1, 0.15) is 0 Å². The Labute approximate surface area is 89.3 Å². The highest BCUT2D eigenvalue weighted by atomic mass is 15.3. The summed E-state index contributed by atoms with van der Waals surface area (Å²) in [5.74, 6) is 0. The SMILES string of the molecule is CCC(CC)N1C[C@@H](C)N(C)[C@@H](C)C1. The molecule has 1 rings (SSSR count). The maximum Gasteiger partial charge on any atom is 0.0195 e. The summed E-state index contributed by atoms with van der Waals surface area (Å²) in [5.41, 5.74) is 0. The molecular weight excluding hydrogens is 172 g/mol. The van der Waals surface area contributed by atoms with E-state index in [1.807, 2.05) is 0 Å². The smallest absolute Gasteiger partial charge is 0.0195 e. The normalized spacial score (nSPS) is 31.3. The molecule has 1 aliphatic rings. The molecule has 0 aromatic rings. The highest BCUT2D eigenvalue weighted by molar-refractivity contribution is 4.85. The quantitative estimate of drug-likeness (QED) is 0.686. The van der Waals surface area contributed by atoms with Gasteiger partial charge in [0.05, 0.1) is 0 Å². The fourth-order valence-electron chi connectivity index (χ4n) is 2.55. The van der Waals surface area contributed by atoms with Gasteiger partial charge in [0.15, 0.2) is 0 Å². The second-order valence-corrected chi connectivity index (χ2v) is 4.79. The first-order valence-corrected chi connectivity index (χ1v) is 6.06. The minimum atomic E-state index is 0.708. The third-order valence-electron chi connectivity index (χ3n) is 3.85. The molecule has 0 amide bonds. The van der Waals surface area contributed by atoms with Crippen LogP contribution < -0.4 is 0 Å². The maximum atomic E-state index is 2.68. The molecule has 0 aromatic carbocycles. The molecule has 0 saturated carbocycles. The van der Waals surface area contributed by atoms with E-state index in [4.69, 9.17) is 0 Å². The van der Waals surface area contributed by atoms with Crippen LogP contribution in [0.4, 0.5) is 0 Å². The third-order valence-corrected chi connectivity index (χ3v) is 3.85. The van der Waals surface area contributed by atoms with Crippen LogP contribution in [0.5, 0.6) is 0 Å². The average Bonchev–Trinajstić information content (AvgIpc) is 2.16. The van der Waals surface area contributed by atoms with Crippen LogP contribution in [0.2, 0.25) is 0 Å². The number of hydrogen-bond donors (Lipinski definition) is 0. The first-order chi connectivity index (χ1) is 6.60. The maximum absolute atomic E-state index is 2.68. The second kappa shape index (κ2) is 5.13. The van der Waals surface area contributed by atoms with Crippen molar-refractivity contribution >= 4 is 0 Å². The van der Waals surface area contributed by atoms with Crippen molar-refractivity contribution < 1.29 is 0 Å². The molecule has 1 fully saturated rings. The fraction of sp³-hybridized carbons (Fsp3) is 1.00. The summed E-state index contributed by atoms with van der Waals surface area (Å²) < 4.78 is 0. The topological polar surface area (TPSA) is 6.48 Å². The standard InChI is InChI=1S/C12H26N2/c1-6-12(7-2)14-8-10(3)13(5)11(4)9-14/h10-12H,6-9H2,1-5H3/t10-,11+. The lowest BCUT2D eigenvalue weighted by Gasteiger charge is -2.45. The Morgan fingerprint density at radius 1 is 1.07 bits per heavy atom. The van der Waals surface area contributed by atoms with Crippen LogP contribution in [-0.2, 0) is 0 Å². The van der Waals surface area contributed by atoms with E-state index >= 15 is 0 Å². The number of likely N-dealkylation sites (N-methyl/N-ethyl adjacent to an activating group) is 1. The third kappa shape index (κ3) is 2.48. The zero-order valence-corrected chi connectivity index (χ0v) is 10.5. The molecule has 2 nitrogen and oxygen atoms in total. The monoisotopic (exact) mass is 198 g/mol. The van der Waals surface area contributed by atoms with Gasteiger partial charge in [-0.2, -0.15) is 0 Å². The van der Waals surface area contributed by atoms with E-state index in [2.05, 4.69) is 44.5 Å². The highest BCUT2D eigenvalue weighted by Gasteiger charge is 2.29. The van der Waals surface area contributed by atoms with E-state index in [-0.39, 0.29) is 0 Å². The number of piperazine rings is 1. The second-order valence-electron chi connectivity index (χ2n) is 4.79. The molecule has 1 aliphatic heterocycles. The van der Waals surface area contributed by atoms with Crippen molar-refractivity contribution in [3.05, 3.63) is 0 Å². The van der Waals surface area contributed by atoms with Gasteiger partial charge < -0.3 is 0 Å². The van der Waals surface area contributed by atoms with E-state index in [1.165, 1.54) is 25.9 Å². The van der Waals surface area contributed by atoms with Gasteiger partial charge in [-0.15, -0.1) is 0 Å². The van der Waals surface area contributed by atoms with Crippen molar-refractivity contribution in [2.24, 2.45) is 0 Å². The molecule has 0 aromatic heterocycles. The molecule has 14 heavy (non-hydrogen) atoms. The summed E-state index contributed by atoms with van der Waals surface area (Å²) in [6.45, 7) is 11.8. The van der Waals surface area contributed by atoms with Crippen LogP contribution in [0.1, 0.15) is 40.5 Å². The summed E-state index contributed by atoms with van der Waals surface area (Å²) in [7, 11) is 2.25. The number of hydrogen-bond acceptors (Lipinski definition) is 2. The summed E-state index contributed by atoms with van der Waals surface area (Å²) >= 11 is 0. The Kier molecular flexibility index (Phi) is 4.39. The summed E-state index contributed by atoms with van der Waals surface area (Å²) in [4.78, 5) is 5.17. The van der Waals surface area contributed by atoms with Crippen molar-refractivity contribution in [2.75, 3.05) is 20.1 Å². The van der Waals surface area contributed by atoms with Crippen molar-refractivity contribution in [3.63, 3.8) is 0 Å². The summed E-state index contributed by atoms with van der Waals surface area (Å²) in [5, 5.41) is 0. The van der Waals surface area contributed by atoms with E-state index in [0.717, 1.165) is 6.04 Å². The van der Waals surface area contributed by atoms with E-state index in [0.29, 0.717) is 12.1 Å². The molecule has 0 N–H and O–H groups in total. The molecular formula is C12H26N2. The molecule has 0 bridgehead atoms. The molecule has 2 heteroatoms. The van der Waals surface area contributed by atoms with Crippen LogP contribution >= 0.6 is 0 Å². The minimum Gasteiger partial charge on any atom is -0.298 e. The van der Waals surface area contributed by atoms with E-state index in [9.17, 15) is 0 Å². The summed E-state index contributed by atoms with van der Waals surface area (Å²) in [6, 6.07) is 2.22.